The van der Waals surface area contributed by atoms with E-state index in [0.29, 0.717) is 6.04 Å². The van der Waals surface area contributed by atoms with Crippen molar-refractivity contribution in [3.63, 3.8) is 0 Å². The summed E-state index contributed by atoms with van der Waals surface area (Å²) in [7, 11) is 0. The number of hydrogen-bond donors (Lipinski definition) is 2. The Kier molecular flexibility index (Phi) is 6.07. The number of aliphatic hydroxyl groups excluding tert-OH is 1. The molecule has 118 valence electrons. The maximum Gasteiger partial charge on any atom is 0.127 e. The Morgan fingerprint density at radius 2 is 2.00 bits per heavy atom. The summed E-state index contributed by atoms with van der Waals surface area (Å²) >= 11 is 0. The van der Waals surface area contributed by atoms with Gasteiger partial charge in [0.25, 0.3) is 0 Å². The van der Waals surface area contributed by atoms with Gasteiger partial charge in [-0.3, -0.25) is 0 Å². The van der Waals surface area contributed by atoms with Gasteiger partial charge in [0.2, 0.25) is 0 Å². The van der Waals surface area contributed by atoms with Crippen molar-refractivity contribution in [1.29, 1.82) is 0 Å². The highest BCUT2D eigenvalue weighted by atomic mass is 16.5. The Balaban J connectivity index is 2.13. The van der Waals surface area contributed by atoms with Crippen LogP contribution in [0.5, 0.6) is 5.75 Å². The fourth-order valence-electron chi connectivity index (χ4n) is 2.88. The molecule has 3 heteroatoms. The van der Waals surface area contributed by atoms with E-state index in [9.17, 15) is 5.11 Å². The first-order chi connectivity index (χ1) is 10.1. The fraction of sp³-hybridized carbons (Fsp3) is 0.667. The zero-order valence-electron chi connectivity index (χ0n) is 13.6. The summed E-state index contributed by atoms with van der Waals surface area (Å²) < 4.78 is 6.25. The van der Waals surface area contributed by atoms with E-state index in [4.69, 9.17) is 4.74 Å². The first-order valence-electron chi connectivity index (χ1n) is 8.24. The van der Waals surface area contributed by atoms with Crippen molar-refractivity contribution in [2.75, 3.05) is 0 Å². The van der Waals surface area contributed by atoms with Gasteiger partial charge in [-0.25, -0.2) is 0 Å². The van der Waals surface area contributed by atoms with Crippen molar-refractivity contribution in [3.05, 3.63) is 29.3 Å². The van der Waals surface area contributed by atoms with Gasteiger partial charge in [0, 0.05) is 18.2 Å². The molecule has 2 atom stereocenters. The Morgan fingerprint density at radius 3 is 2.76 bits per heavy atom. The lowest BCUT2D eigenvalue weighted by Crippen LogP contribution is -2.31. The van der Waals surface area contributed by atoms with Crippen LogP contribution in [0.15, 0.2) is 18.2 Å². The zero-order valence-corrected chi connectivity index (χ0v) is 13.6. The van der Waals surface area contributed by atoms with Crippen molar-refractivity contribution < 1.29 is 9.84 Å². The largest absolute Gasteiger partial charge is 0.487 e. The Morgan fingerprint density at radius 1 is 1.24 bits per heavy atom. The molecule has 0 heterocycles. The summed E-state index contributed by atoms with van der Waals surface area (Å²) in [6.07, 6.45) is 4.86. The molecule has 21 heavy (non-hydrogen) atoms. The highest BCUT2D eigenvalue weighted by Crippen LogP contribution is 2.29. The van der Waals surface area contributed by atoms with Crippen LogP contribution in [-0.4, -0.2) is 23.4 Å². The Labute approximate surface area is 128 Å². The molecule has 0 amide bonds. The number of hydrogen-bond acceptors (Lipinski definition) is 3. The Bertz CT molecular complexity index is 445. The highest BCUT2D eigenvalue weighted by molar-refractivity contribution is 5.41. The zero-order chi connectivity index (χ0) is 15.2. The summed E-state index contributed by atoms with van der Waals surface area (Å²) in [5.41, 5.74) is 2.33. The molecule has 1 aliphatic rings. The molecule has 3 nitrogen and oxygen atoms in total. The number of benzene rings is 1. The van der Waals surface area contributed by atoms with Crippen LogP contribution in [0.4, 0.5) is 0 Å². The van der Waals surface area contributed by atoms with E-state index in [1.54, 1.807) is 0 Å². The quantitative estimate of drug-likeness (QED) is 0.815. The van der Waals surface area contributed by atoms with Crippen LogP contribution in [0.1, 0.15) is 57.1 Å². The molecule has 1 aromatic rings. The molecule has 0 radical (unpaired) electrons. The van der Waals surface area contributed by atoms with Gasteiger partial charge in [0.1, 0.15) is 11.9 Å². The van der Waals surface area contributed by atoms with Crippen LogP contribution in [0.25, 0.3) is 0 Å². The molecule has 1 aromatic carbocycles. The molecule has 1 aliphatic carbocycles. The number of aryl methyl sites for hydroxylation is 1. The third-order valence-corrected chi connectivity index (χ3v) is 4.18. The highest BCUT2D eigenvalue weighted by Gasteiger charge is 2.24. The van der Waals surface area contributed by atoms with E-state index < -0.39 is 0 Å². The molecule has 2 rings (SSSR count). The third-order valence-electron chi connectivity index (χ3n) is 4.18. The molecule has 0 saturated heterocycles. The maximum atomic E-state index is 10.3. The maximum absolute atomic E-state index is 10.3. The molecule has 1 fully saturated rings. The molecule has 1 saturated carbocycles. The predicted molar refractivity (Wildman–Crippen MR) is 86.7 cm³/mol. The second-order valence-corrected chi connectivity index (χ2v) is 6.46. The molecule has 2 N–H and O–H groups in total. The molecular formula is C18H29NO2. The number of aliphatic hydroxyl groups is 1. The van der Waals surface area contributed by atoms with Gasteiger partial charge >= 0.3 is 0 Å². The molecule has 0 aliphatic heterocycles. The monoisotopic (exact) mass is 291 g/mol. The number of ether oxygens (including phenoxy) is 1. The molecule has 2 unspecified atom stereocenters. The van der Waals surface area contributed by atoms with Gasteiger partial charge in [-0.15, -0.1) is 0 Å². The van der Waals surface area contributed by atoms with Gasteiger partial charge in [-0.05, 0) is 31.7 Å². The average Bonchev–Trinajstić information content (AvgIpc) is 2.64. The minimum absolute atomic E-state index is 0.0635. The second-order valence-electron chi connectivity index (χ2n) is 6.46. The minimum atomic E-state index is -0.335. The standard InChI is InChI=1S/C18H29NO2/c1-13(2)19-12-15-9-7-8-14(3)18(15)21-17-11-6-4-5-10-16(17)20/h7-9,13,16-17,19-20H,4-6,10-12H2,1-3H3. The minimum Gasteiger partial charge on any atom is -0.487 e. The van der Waals surface area contributed by atoms with Gasteiger partial charge in [0.15, 0.2) is 0 Å². The summed E-state index contributed by atoms with van der Waals surface area (Å²) in [6, 6.07) is 6.71. The van der Waals surface area contributed by atoms with E-state index in [2.05, 4.69) is 44.3 Å². The van der Waals surface area contributed by atoms with E-state index >= 15 is 0 Å². The van der Waals surface area contributed by atoms with E-state index in [1.807, 2.05) is 0 Å². The van der Waals surface area contributed by atoms with Crippen molar-refractivity contribution in [2.24, 2.45) is 0 Å². The Hall–Kier alpha value is -1.06. The van der Waals surface area contributed by atoms with Crippen molar-refractivity contribution in [2.45, 2.75) is 77.7 Å². The van der Waals surface area contributed by atoms with Crippen molar-refractivity contribution in [1.82, 2.24) is 5.32 Å². The van der Waals surface area contributed by atoms with Crippen LogP contribution in [0.3, 0.4) is 0 Å². The smallest absolute Gasteiger partial charge is 0.127 e. The SMILES string of the molecule is Cc1cccc(CNC(C)C)c1OC1CCCCCC1O. The molecule has 0 spiro atoms. The summed E-state index contributed by atoms with van der Waals surface area (Å²) in [5.74, 6) is 0.955. The average molecular weight is 291 g/mol. The van der Waals surface area contributed by atoms with Gasteiger partial charge < -0.3 is 15.2 Å². The van der Waals surface area contributed by atoms with Crippen LogP contribution in [-0.2, 0) is 6.54 Å². The molecule has 0 aromatic heterocycles. The van der Waals surface area contributed by atoms with Crippen molar-refractivity contribution in [3.8, 4) is 5.75 Å². The molecular weight excluding hydrogens is 262 g/mol. The first kappa shape index (κ1) is 16.3. The summed E-state index contributed by atoms with van der Waals surface area (Å²) in [4.78, 5) is 0. The van der Waals surface area contributed by atoms with Crippen LogP contribution < -0.4 is 10.1 Å². The summed E-state index contributed by atoms with van der Waals surface area (Å²) in [5, 5.41) is 13.7. The van der Waals surface area contributed by atoms with Gasteiger partial charge in [-0.2, -0.15) is 0 Å². The van der Waals surface area contributed by atoms with Gasteiger partial charge in [0.05, 0.1) is 6.10 Å². The van der Waals surface area contributed by atoms with Crippen LogP contribution in [0, 0.1) is 6.92 Å². The number of para-hydroxylation sites is 1. The van der Waals surface area contributed by atoms with E-state index in [0.717, 1.165) is 43.5 Å². The second kappa shape index (κ2) is 7.81. The lowest BCUT2D eigenvalue weighted by atomic mass is 10.1. The lowest BCUT2D eigenvalue weighted by molar-refractivity contribution is 0.0310. The normalized spacial score (nSPS) is 23.1. The fourth-order valence-corrected chi connectivity index (χ4v) is 2.88. The van der Waals surface area contributed by atoms with Crippen LogP contribution in [0.2, 0.25) is 0 Å². The number of rotatable bonds is 5. The van der Waals surface area contributed by atoms with Crippen LogP contribution >= 0.6 is 0 Å². The lowest BCUT2D eigenvalue weighted by Gasteiger charge is -2.25. The predicted octanol–water partition coefficient (Wildman–Crippen LogP) is 3.57. The van der Waals surface area contributed by atoms with Gasteiger partial charge in [-0.1, -0.05) is 44.9 Å². The van der Waals surface area contributed by atoms with Crippen molar-refractivity contribution >= 4 is 0 Å². The van der Waals surface area contributed by atoms with E-state index in [1.165, 1.54) is 12.0 Å². The number of nitrogens with one attached hydrogen (secondary N) is 1. The third kappa shape index (κ3) is 4.72. The molecule has 0 bridgehead atoms. The first-order valence-corrected chi connectivity index (χ1v) is 8.24. The van der Waals surface area contributed by atoms with E-state index in [-0.39, 0.29) is 12.2 Å². The summed E-state index contributed by atoms with van der Waals surface area (Å²) in [6.45, 7) is 7.17. The topological polar surface area (TPSA) is 41.5 Å².